The first-order chi connectivity index (χ1) is 9.20. The van der Waals surface area contributed by atoms with E-state index in [4.69, 9.17) is 4.74 Å². The van der Waals surface area contributed by atoms with E-state index in [-0.39, 0.29) is 24.1 Å². The predicted octanol–water partition coefficient (Wildman–Crippen LogP) is 2.69. The van der Waals surface area contributed by atoms with Crippen molar-refractivity contribution in [2.45, 2.75) is 19.9 Å². The molecule has 1 aliphatic heterocycles. The Balaban J connectivity index is 0.00000200. The Morgan fingerprint density at radius 1 is 1.35 bits per heavy atom. The molecule has 0 aliphatic carbocycles. The molecule has 20 heavy (non-hydrogen) atoms. The van der Waals surface area contributed by atoms with Crippen LogP contribution in [0.5, 0.6) is 0 Å². The first kappa shape index (κ1) is 16.5. The van der Waals surface area contributed by atoms with Crippen LogP contribution in [0.4, 0.5) is 0 Å². The Labute approximate surface area is 125 Å². The highest BCUT2D eigenvalue weighted by molar-refractivity contribution is 5.89. The maximum absolute atomic E-state index is 11.6. The zero-order valence-electron chi connectivity index (χ0n) is 11.5. The molecule has 0 aromatic heterocycles. The number of ether oxygens (including phenoxy) is 1. The average molecular weight is 298 g/mol. The number of aliphatic hydroxyl groups excluding tert-OH is 1. The predicted molar refractivity (Wildman–Crippen MR) is 79.9 cm³/mol. The van der Waals surface area contributed by atoms with Crippen molar-refractivity contribution >= 4 is 18.4 Å². The zero-order valence-corrected chi connectivity index (χ0v) is 12.4. The van der Waals surface area contributed by atoms with Crippen LogP contribution in [0.1, 0.15) is 18.9 Å². The number of carbonyl (C=O) groups excluding carboxylic acids is 1. The summed E-state index contributed by atoms with van der Waals surface area (Å²) in [6.07, 6.45) is 0.539. The number of rotatable bonds is 4. The maximum Gasteiger partial charge on any atom is 0.337 e. The van der Waals surface area contributed by atoms with Crippen LogP contribution in [0.25, 0.3) is 0 Å². The normalized spacial score (nSPS) is 15.7. The monoisotopic (exact) mass is 297 g/mol. The van der Waals surface area contributed by atoms with Crippen molar-refractivity contribution in [1.82, 2.24) is 4.90 Å². The van der Waals surface area contributed by atoms with Gasteiger partial charge in [-0.15, -0.1) is 12.4 Å². The van der Waals surface area contributed by atoms with Gasteiger partial charge in [0.1, 0.15) is 5.76 Å². The summed E-state index contributed by atoms with van der Waals surface area (Å²) in [4.78, 5) is 13.7. The van der Waals surface area contributed by atoms with Gasteiger partial charge in [0, 0.05) is 13.1 Å². The second-order valence-electron chi connectivity index (χ2n) is 4.59. The quantitative estimate of drug-likeness (QED) is 0.868. The van der Waals surface area contributed by atoms with Crippen molar-refractivity contribution in [3.63, 3.8) is 0 Å². The van der Waals surface area contributed by atoms with Crippen LogP contribution in [0, 0.1) is 0 Å². The maximum atomic E-state index is 11.6. The molecule has 0 saturated heterocycles. The standard InChI is InChI=1S/C15H19NO3.ClH/c1-2-19-15(18)13-8-9-16(11-14(13)17)10-12-6-4-3-5-7-12;/h3-7,17H,2,8-11H2,1H3;1H. The van der Waals surface area contributed by atoms with Gasteiger partial charge in [0.05, 0.1) is 18.7 Å². The van der Waals surface area contributed by atoms with E-state index in [9.17, 15) is 9.90 Å². The first-order valence-corrected chi connectivity index (χ1v) is 6.55. The molecule has 1 aromatic rings. The van der Waals surface area contributed by atoms with Gasteiger partial charge in [-0.2, -0.15) is 0 Å². The molecule has 0 saturated carbocycles. The minimum atomic E-state index is -0.389. The number of hydrogen-bond donors (Lipinski definition) is 1. The smallest absolute Gasteiger partial charge is 0.337 e. The number of hydrogen-bond acceptors (Lipinski definition) is 4. The number of halogens is 1. The molecule has 4 nitrogen and oxygen atoms in total. The lowest BCUT2D eigenvalue weighted by Gasteiger charge is -2.27. The van der Waals surface area contributed by atoms with Crippen LogP contribution in [0.15, 0.2) is 41.7 Å². The number of nitrogens with zero attached hydrogens (tertiary/aromatic N) is 1. The number of esters is 1. The third-order valence-electron chi connectivity index (χ3n) is 3.17. The largest absolute Gasteiger partial charge is 0.510 e. The molecule has 0 radical (unpaired) electrons. The molecule has 0 amide bonds. The van der Waals surface area contributed by atoms with E-state index >= 15 is 0 Å². The minimum absolute atomic E-state index is 0. The Bertz CT molecular complexity index is 473. The van der Waals surface area contributed by atoms with Crippen molar-refractivity contribution in [2.75, 3.05) is 19.7 Å². The molecule has 2 rings (SSSR count). The number of aliphatic hydroxyl groups is 1. The van der Waals surface area contributed by atoms with Gasteiger partial charge in [-0.05, 0) is 18.9 Å². The average Bonchev–Trinajstić information content (AvgIpc) is 2.40. The van der Waals surface area contributed by atoms with Crippen molar-refractivity contribution in [1.29, 1.82) is 0 Å². The minimum Gasteiger partial charge on any atom is -0.510 e. The summed E-state index contributed by atoms with van der Waals surface area (Å²) < 4.78 is 4.93. The van der Waals surface area contributed by atoms with E-state index < -0.39 is 0 Å². The lowest BCUT2D eigenvalue weighted by molar-refractivity contribution is -0.139. The molecular weight excluding hydrogens is 278 g/mol. The van der Waals surface area contributed by atoms with Crippen LogP contribution in [0.3, 0.4) is 0 Å². The molecule has 1 heterocycles. The van der Waals surface area contributed by atoms with Crippen LogP contribution in [-0.2, 0) is 16.1 Å². The fourth-order valence-corrected chi connectivity index (χ4v) is 2.22. The van der Waals surface area contributed by atoms with E-state index in [0.717, 1.165) is 13.1 Å². The van der Waals surface area contributed by atoms with Crippen molar-refractivity contribution in [3.8, 4) is 0 Å². The summed E-state index contributed by atoms with van der Waals surface area (Å²) >= 11 is 0. The molecule has 110 valence electrons. The summed E-state index contributed by atoms with van der Waals surface area (Å²) in [5.74, 6) is -0.250. The molecule has 5 heteroatoms. The Morgan fingerprint density at radius 2 is 2.05 bits per heavy atom. The van der Waals surface area contributed by atoms with E-state index in [1.54, 1.807) is 6.92 Å². The highest BCUT2D eigenvalue weighted by atomic mass is 35.5. The molecular formula is C15H20ClNO3. The van der Waals surface area contributed by atoms with Gasteiger partial charge in [-0.1, -0.05) is 30.3 Å². The fraction of sp³-hybridized carbons (Fsp3) is 0.400. The molecule has 0 spiro atoms. The Kier molecular flexibility index (Phi) is 6.55. The Morgan fingerprint density at radius 3 is 2.65 bits per heavy atom. The van der Waals surface area contributed by atoms with Gasteiger partial charge in [-0.3, -0.25) is 4.90 Å². The SMILES string of the molecule is CCOC(=O)C1=C(O)CN(Cc2ccccc2)CC1.Cl. The van der Waals surface area contributed by atoms with E-state index in [2.05, 4.69) is 17.0 Å². The second kappa shape index (κ2) is 7.92. The molecule has 0 unspecified atom stereocenters. The van der Waals surface area contributed by atoms with E-state index in [1.807, 2.05) is 18.2 Å². The number of carbonyl (C=O) groups is 1. The molecule has 1 aliphatic rings. The van der Waals surface area contributed by atoms with E-state index in [0.29, 0.717) is 25.1 Å². The van der Waals surface area contributed by atoms with Crippen molar-refractivity contribution < 1.29 is 14.6 Å². The topological polar surface area (TPSA) is 49.8 Å². The molecule has 0 fully saturated rings. The lowest BCUT2D eigenvalue weighted by atomic mass is 10.1. The first-order valence-electron chi connectivity index (χ1n) is 6.55. The summed E-state index contributed by atoms with van der Waals surface area (Å²) in [6, 6.07) is 10.1. The number of benzene rings is 1. The van der Waals surface area contributed by atoms with E-state index in [1.165, 1.54) is 5.56 Å². The van der Waals surface area contributed by atoms with Crippen LogP contribution in [0.2, 0.25) is 0 Å². The van der Waals surface area contributed by atoms with Crippen LogP contribution >= 0.6 is 12.4 Å². The van der Waals surface area contributed by atoms with Gasteiger partial charge < -0.3 is 9.84 Å². The Hall–Kier alpha value is -1.52. The van der Waals surface area contributed by atoms with Gasteiger partial charge >= 0.3 is 5.97 Å². The second-order valence-corrected chi connectivity index (χ2v) is 4.59. The van der Waals surface area contributed by atoms with Gasteiger partial charge in [0.15, 0.2) is 0 Å². The summed E-state index contributed by atoms with van der Waals surface area (Å²) in [6.45, 7) is 4.04. The zero-order chi connectivity index (χ0) is 13.7. The summed E-state index contributed by atoms with van der Waals surface area (Å²) in [5, 5.41) is 9.95. The summed E-state index contributed by atoms with van der Waals surface area (Å²) in [7, 11) is 0. The van der Waals surface area contributed by atoms with Gasteiger partial charge in [0.25, 0.3) is 0 Å². The summed E-state index contributed by atoms with van der Waals surface area (Å²) in [5.41, 5.74) is 1.63. The lowest BCUT2D eigenvalue weighted by Crippen LogP contribution is -2.33. The van der Waals surface area contributed by atoms with Crippen molar-refractivity contribution in [2.24, 2.45) is 0 Å². The van der Waals surface area contributed by atoms with Crippen LogP contribution < -0.4 is 0 Å². The molecule has 1 N–H and O–H groups in total. The molecule has 0 atom stereocenters. The van der Waals surface area contributed by atoms with Gasteiger partial charge in [-0.25, -0.2) is 4.79 Å². The molecule has 1 aromatic carbocycles. The fourth-order valence-electron chi connectivity index (χ4n) is 2.22. The third-order valence-corrected chi connectivity index (χ3v) is 3.17. The third kappa shape index (κ3) is 4.25. The highest BCUT2D eigenvalue weighted by Crippen LogP contribution is 2.19. The molecule has 0 bridgehead atoms. The van der Waals surface area contributed by atoms with Crippen molar-refractivity contribution in [3.05, 3.63) is 47.2 Å². The highest BCUT2D eigenvalue weighted by Gasteiger charge is 2.24. The van der Waals surface area contributed by atoms with Crippen LogP contribution in [-0.4, -0.2) is 35.7 Å². The van der Waals surface area contributed by atoms with Gasteiger partial charge in [0.2, 0.25) is 0 Å².